The summed E-state index contributed by atoms with van der Waals surface area (Å²) in [6, 6.07) is 0. The number of aryl methyl sites for hydroxylation is 1. The molecule has 1 heterocycles. The van der Waals surface area contributed by atoms with Crippen molar-refractivity contribution >= 4 is 5.82 Å². The van der Waals surface area contributed by atoms with Crippen LogP contribution in [0.1, 0.15) is 12.6 Å². The van der Waals surface area contributed by atoms with Crippen molar-refractivity contribution in [2.45, 2.75) is 13.3 Å². The van der Waals surface area contributed by atoms with Crippen LogP contribution in [-0.4, -0.2) is 16.6 Å². The predicted molar refractivity (Wildman–Crippen MR) is 49.8 cm³/mol. The van der Waals surface area contributed by atoms with Crippen LogP contribution in [0.25, 0.3) is 0 Å². The molecule has 14 heavy (non-hydrogen) atoms. The number of nitrogens with zero attached hydrogens (tertiary/aromatic N) is 2. The molecule has 0 aliphatic carbocycles. The zero-order chi connectivity index (χ0) is 10.4. The van der Waals surface area contributed by atoms with E-state index >= 15 is 0 Å². The maximum absolute atomic E-state index is 13.4. The van der Waals surface area contributed by atoms with Crippen LogP contribution < -0.4 is 5.48 Å². The number of terminal acetylenes is 1. The summed E-state index contributed by atoms with van der Waals surface area (Å²) >= 11 is 0. The first-order chi connectivity index (χ1) is 6.79. The number of hydrogen-bond acceptors (Lipinski definition) is 4. The van der Waals surface area contributed by atoms with Gasteiger partial charge in [0.15, 0.2) is 11.6 Å². The Kier molecular flexibility index (Phi) is 3.83. The number of rotatable bonds is 4. The van der Waals surface area contributed by atoms with Gasteiger partial charge >= 0.3 is 0 Å². The third-order valence-corrected chi connectivity index (χ3v) is 1.52. The Morgan fingerprint density at radius 1 is 1.64 bits per heavy atom. The van der Waals surface area contributed by atoms with Gasteiger partial charge < -0.3 is 0 Å². The average molecular weight is 195 g/mol. The first-order valence-corrected chi connectivity index (χ1v) is 4.10. The molecule has 5 heteroatoms. The summed E-state index contributed by atoms with van der Waals surface area (Å²) in [6.45, 7) is 1.85. The second-order valence-electron chi connectivity index (χ2n) is 2.43. The van der Waals surface area contributed by atoms with Crippen molar-refractivity contribution in [3.05, 3.63) is 17.8 Å². The standard InChI is InChI=1S/C9H10FN3O/c1-3-5-14-13-9-8(10)7(4-2)11-6-12-9/h1,6H,4-5H2,2H3,(H,11,12,13). The normalized spacial score (nSPS) is 9.50. The molecule has 0 spiro atoms. The van der Waals surface area contributed by atoms with Crippen molar-refractivity contribution in [2.24, 2.45) is 0 Å². The van der Waals surface area contributed by atoms with Gasteiger partial charge in [0, 0.05) is 0 Å². The van der Waals surface area contributed by atoms with Crippen molar-refractivity contribution in [3.63, 3.8) is 0 Å². The molecule has 1 aromatic heterocycles. The van der Waals surface area contributed by atoms with E-state index in [-0.39, 0.29) is 12.4 Å². The summed E-state index contributed by atoms with van der Waals surface area (Å²) in [5, 5.41) is 0. The second-order valence-corrected chi connectivity index (χ2v) is 2.43. The minimum atomic E-state index is -0.507. The molecular weight excluding hydrogens is 185 g/mol. The van der Waals surface area contributed by atoms with E-state index in [0.29, 0.717) is 12.1 Å². The molecule has 1 aromatic rings. The topological polar surface area (TPSA) is 47.0 Å². The van der Waals surface area contributed by atoms with Crippen molar-refractivity contribution in [3.8, 4) is 12.3 Å². The Balaban J connectivity index is 2.72. The Morgan fingerprint density at radius 2 is 2.43 bits per heavy atom. The van der Waals surface area contributed by atoms with Crippen LogP contribution in [0.5, 0.6) is 0 Å². The van der Waals surface area contributed by atoms with Gasteiger partial charge in [0.25, 0.3) is 0 Å². The molecule has 4 nitrogen and oxygen atoms in total. The Morgan fingerprint density at radius 3 is 3.07 bits per heavy atom. The van der Waals surface area contributed by atoms with Gasteiger partial charge in [-0.05, 0) is 6.42 Å². The number of aromatic nitrogens is 2. The van der Waals surface area contributed by atoms with Gasteiger partial charge in [0.1, 0.15) is 12.9 Å². The first kappa shape index (κ1) is 10.4. The summed E-state index contributed by atoms with van der Waals surface area (Å²) < 4.78 is 13.4. The van der Waals surface area contributed by atoms with E-state index in [0.717, 1.165) is 0 Å². The summed E-state index contributed by atoms with van der Waals surface area (Å²) in [5.41, 5.74) is 2.66. The average Bonchev–Trinajstić information content (AvgIpc) is 2.21. The summed E-state index contributed by atoms with van der Waals surface area (Å²) in [7, 11) is 0. The van der Waals surface area contributed by atoms with E-state index in [9.17, 15) is 4.39 Å². The van der Waals surface area contributed by atoms with Crippen molar-refractivity contribution in [2.75, 3.05) is 12.1 Å². The highest BCUT2D eigenvalue weighted by molar-refractivity contribution is 5.34. The van der Waals surface area contributed by atoms with Gasteiger partial charge in [0.2, 0.25) is 0 Å². The molecule has 0 unspecified atom stereocenters. The van der Waals surface area contributed by atoms with E-state index in [1.165, 1.54) is 6.33 Å². The Labute approximate surface area is 81.5 Å². The lowest BCUT2D eigenvalue weighted by Gasteiger charge is -2.05. The van der Waals surface area contributed by atoms with Crippen molar-refractivity contribution in [1.29, 1.82) is 0 Å². The smallest absolute Gasteiger partial charge is 0.189 e. The third-order valence-electron chi connectivity index (χ3n) is 1.52. The quantitative estimate of drug-likeness (QED) is 0.445. The zero-order valence-corrected chi connectivity index (χ0v) is 7.75. The maximum atomic E-state index is 13.4. The summed E-state index contributed by atoms with van der Waals surface area (Å²) in [4.78, 5) is 12.2. The molecule has 74 valence electrons. The van der Waals surface area contributed by atoms with Gasteiger partial charge in [-0.2, -0.15) is 0 Å². The molecule has 0 atom stereocenters. The van der Waals surface area contributed by atoms with E-state index in [1.807, 2.05) is 0 Å². The number of hydrogen-bond donors (Lipinski definition) is 1. The molecular formula is C9H10FN3O. The van der Waals surface area contributed by atoms with E-state index in [1.54, 1.807) is 6.92 Å². The highest BCUT2D eigenvalue weighted by atomic mass is 19.1. The Bertz CT molecular complexity index is 348. The molecule has 0 aliphatic heterocycles. The first-order valence-electron chi connectivity index (χ1n) is 4.10. The highest BCUT2D eigenvalue weighted by Crippen LogP contribution is 2.12. The van der Waals surface area contributed by atoms with Crippen LogP contribution in [0.4, 0.5) is 10.2 Å². The van der Waals surface area contributed by atoms with Crippen LogP contribution >= 0.6 is 0 Å². The van der Waals surface area contributed by atoms with Gasteiger partial charge in [-0.1, -0.05) is 12.8 Å². The number of nitrogens with one attached hydrogen (secondary N) is 1. The fourth-order valence-corrected chi connectivity index (χ4v) is 0.870. The highest BCUT2D eigenvalue weighted by Gasteiger charge is 2.08. The number of anilines is 1. The molecule has 0 radical (unpaired) electrons. The molecule has 0 bridgehead atoms. The zero-order valence-electron chi connectivity index (χ0n) is 7.75. The summed E-state index contributed by atoms with van der Waals surface area (Å²) in [5.74, 6) is 1.73. The maximum Gasteiger partial charge on any atom is 0.189 e. The van der Waals surface area contributed by atoms with E-state index in [4.69, 9.17) is 11.3 Å². The number of halogens is 1. The fraction of sp³-hybridized carbons (Fsp3) is 0.333. The Hall–Kier alpha value is -1.67. The van der Waals surface area contributed by atoms with Crippen LogP contribution in [-0.2, 0) is 11.3 Å². The monoisotopic (exact) mass is 195 g/mol. The van der Waals surface area contributed by atoms with E-state index in [2.05, 4.69) is 21.4 Å². The van der Waals surface area contributed by atoms with Gasteiger partial charge in [-0.15, -0.1) is 6.42 Å². The third kappa shape index (κ3) is 2.41. The van der Waals surface area contributed by atoms with Crippen LogP contribution in [0.3, 0.4) is 0 Å². The largest absolute Gasteiger partial charge is 0.262 e. The molecule has 0 aliphatic rings. The van der Waals surface area contributed by atoms with Crippen molar-refractivity contribution < 1.29 is 9.23 Å². The molecule has 0 saturated heterocycles. The van der Waals surface area contributed by atoms with Gasteiger partial charge in [0.05, 0.1) is 5.69 Å². The van der Waals surface area contributed by atoms with Crippen LogP contribution in [0.15, 0.2) is 6.33 Å². The van der Waals surface area contributed by atoms with Crippen LogP contribution in [0.2, 0.25) is 0 Å². The predicted octanol–water partition coefficient (Wildman–Crippen LogP) is 1.15. The van der Waals surface area contributed by atoms with Crippen molar-refractivity contribution in [1.82, 2.24) is 9.97 Å². The lowest BCUT2D eigenvalue weighted by molar-refractivity contribution is 0.230. The lowest BCUT2D eigenvalue weighted by atomic mass is 10.3. The van der Waals surface area contributed by atoms with E-state index < -0.39 is 5.82 Å². The van der Waals surface area contributed by atoms with Gasteiger partial charge in [-0.3, -0.25) is 4.84 Å². The molecule has 0 aromatic carbocycles. The molecule has 1 N–H and O–H groups in total. The fourth-order valence-electron chi connectivity index (χ4n) is 0.870. The second kappa shape index (κ2) is 5.14. The minimum Gasteiger partial charge on any atom is -0.262 e. The van der Waals surface area contributed by atoms with Crippen LogP contribution in [0, 0.1) is 18.2 Å². The molecule has 0 fully saturated rings. The lowest BCUT2D eigenvalue weighted by Crippen LogP contribution is -2.07. The summed E-state index contributed by atoms with van der Waals surface area (Å²) in [6.07, 6.45) is 6.71. The SMILES string of the molecule is C#CCONc1ncnc(CC)c1F. The molecule has 0 amide bonds. The molecule has 1 rings (SSSR count). The van der Waals surface area contributed by atoms with Gasteiger partial charge in [-0.25, -0.2) is 19.8 Å². The minimum absolute atomic E-state index is 0.00657. The molecule has 0 saturated carbocycles.